The molecule has 0 N–H and O–H groups in total. The number of unbranched alkanes of at least 4 members (excludes halogenated alkanes) is 2. The van der Waals surface area contributed by atoms with E-state index in [1.165, 1.54) is 24.5 Å². The maximum atomic E-state index is 15.4. The molecule has 0 atom stereocenters. The van der Waals surface area contributed by atoms with Crippen molar-refractivity contribution in [3.63, 3.8) is 0 Å². The van der Waals surface area contributed by atoms with Crippen molar-refractivity contribution < 1.29 is 8.91 Å². The second-order valence-electron chi connectivity index (χ2n) is 11.0. The monoisotopic (exact) mass is 534 g/mol. The van der Waals surface area contributed by atoms with E-state index in [9.17, 15) is 0 Å². The zero-order valence-electron chi connectivity index (χ0n) is 22.9. The van der Waals surface area contributed by atoms with Crippen molar-refractivity contribution in [3.05, 3.63) is 76.7 Å². The van der Waals surface area contributed by atoms with Gasteiger partial charge in [-0.2, -0.15) is 4.98 Å². The van der Waals surface area contributed by atoms with E-state index >= 15 is 4.39 Å². The summed E-state index contributed by atoms with van der Waals surface area (Å²) in [5, 5.41) is 13.3. The van der Waals surface area contributed by atoms with Crippen LogP contribution in [0, 0.1) is 24.6 Å². The van der Waals surface area contributed by atoms with Crippen LogP contribution in [0.2, 0.25) is 0 Å². The quantitative estimate of drug-likeness (QED) is 0.180. The number of nitrogens with zero attached hydrogens (tertiary/aromatic N) is 6. The molecule has 202 valence electrons. The average molecular weight is 535 g/mol. The van der Waals surface area contributed by atoms with E-state index in [0.717, 1.165) is 67.8 Å². The highest BCUT2D eigenvalue weighted by atomic mass is 19.1. The predicted octanol–water partition coefficient (Wildman–Crippen LogP) is 6.61. The molecular formula is C32H31FN6O. The Morgan fingerprint density at radius 1 is 1.10 bits per heavy atom. The summed E-state index contributed by atoms with van der Waals surface area (Å²) in [6.07, 6.45) is 8.23. The van der Waals surface area contributed by atoms with Gasteiger partial charge in [-0.3, -0.25) is 4.40 Å². The van der Waals surface area contributed by atoms with Gasteiger partial charge in [-0.05, 0) is 68.9 Å². The molecule has 0 saturated heterocycles. The van der Waals surface area contributed by atoms with Gasteiger partial charge < -0.3 is 9.42 Å². The molecule has 2 aromatic carbocycles. The Hall–Kier alpha value is -4.25. The highest BCUT2D eigenvalue weighted by Gasteiger charge is 2.46. The van der Waals surface area contributed by atoms with Gasteiger partial charge in [0.15, 0.2) is 0 Å². The molecule has 0 unspecified atom stereocenters. The number of benzene rings is 2. The van der Waals surface area contributed by atoms with E-state index in [1.54, 1.807) is 6.07 Å². The SMILES string of the molecule is CCCCCc1cc(C2(C#Cc3cccc4c3CCCN4c3nc4nnc(C)n4c4cccc(F)c34)CC2)no1. The Balaban J connectivity index is 1.26. The molecule has 7 nitrogen and oxygen atoms in total. The van der Waals surface area contributed by atoms with Crippen LogP contribution < -0.4 is 4.90 Å². The van der Waals surface area contributed by atoms with Crippen molar-refractivity contribution >= 4 is 28.2 Å². The fourth-order valence-corrected chi connectivity index (χ4v) is 5.90. The summed E-state index contributed by atoms with van der Waals surface area (Å²) in [6, 6.07) is 13.4. The molecule has 4 heterocycles. The van der Waals surface area contributed by atoms with Crippen LogP contribution in [0.15, 0.2) is 47.0 Å². The molecular weight excluding hydrogens is 503 g/mol. The third kappa shape index (κ3) is 4.12. The van der Waals surface area contributed by atoms with Crippen molar-refractivity contribution in [1.29, 1.82) is 0 Å². The smallest absolute Gasteiger partial charge is 0.257 e. The lowest BCUT2D eigenvalue weighted by molar-refractivity contribution is 0.371. The summed E-state index contributed by atoms with van der Waals surface area (Å²) < 4.78 is 22.8. The first-order chi connectivity index (χ1) is 19.6. The third-order valence-electron chi connectivity index (χ3n) is 8.24. The highest BCUT2D eigenvalue weighted by Crippen LogP contribution is 2.47. The first-order valence-corrected chi connectivity index (χ1v) is 14.3. The lowest BCUT2D eigenvalue weighted by atomic mass is 9.95. The van der Waals surface area contributed by atoms with Gasteiger partial charge in [0.2, 0.25) is 0 Å². The highest BCUT2D eigenvalue weighted by molar-refractivity contribution is 5.94. The van der Waals surface area contributed by atoms with Crippen LogP contribution in [0.5, 0.6) is 0 Å². The van der Waals surface area contributed by atoms with Crippen molar-refractivity contribution in [1.82, 2.24) is 24.7 Å². The summed E-state index contributed by atoms with van der Waals surface area (Å²) in [5.74, 6) is 9.43. The van der Waals surface area contributed by atoms with E-state index < -0.39 is 0 Å². The van der Waals surface area contributed by atoms with E-state index in [0.29, 0.717) is 28.3 Å². The number of hydrogen-bond acceptors (Lipinski definition) is 6. The van der Waals surface area contributed by atoms with E-state index in [2.05, 4.69) is 57.2 Å². The lowest BCUT2D eigenvalue weighted by Crippen LogP contribution is -2.26. The minimum absolute atomic E-state index is 0.221. The summed E-state index contributed by atoms with van der Waals surface area (Å²) >= 11 is 0. The molecule has 1 fully saturated rings. The van der Waals surface area contributed by atoms with Crippen LogP contribution in [0.1, 0.15) is 73.9 Å². The largest absolute Gasteiger partial charge is 0.361 e. The van der Waals surface area contributed by atoms with Crippen molar-refractivity contribution in [3.8, 4) is 11.8 Å². The second kappa shape index (κ2) is 9.74. The number of aromatic nitrogens is 5. The molecule has 0 spiro atoms. The van der Waals surface area contributed by atoms with Gasteiger partial charge >= 0.3 is 0 Å². The lowest BCUT2D eigenvalue weighted by Gasteiger charge is -2.32. The number of anilines is 2. The molecule has 5 aromatic rings. The van der Waals surface area contributed by atoms with Gasteiger partial charge in [0.05, 0.1) is 16.3 Å². The molecule has 40 heavy (non-hydrogen) atoms. The summed E-state index contributed by atoms with van der Waals surface area (Å²) in [7, 11) is 0. The number of fused-ring (bicyclic) bond motifs is 4. The normalized spacial score (nSPS) is 15.7. The summed E-state index contributed by atoms with van der Waals surface area (Å²) in [4.78, 5) is 6.94. The number of halogens is 1. The first kappa shape index (κ1) is 24.8. The van der Waals surface area contributed by atoms with Crippen LogP contribution in [-0.4, -0.2) is 31.3 Å². The molecule has 2 aliphatic rings. The average Bonchev–Trinajstić information content (AvgIpc) is 3.44. The molecule has 0 radical (unpaired) electrons. The third-order valence-corrected chi connectivity index (χ3v) is 8.24. The van der Waals surface area contributed by atoms with Crippen molar-refractivity contribution in [2.45, 2.75) is 70.6 Å². The van der Waals surface area contributed by atoms with Crippen LogP contribution in [-0.2, 0) is 18.3 Å². The van der Waals surface area contributed by atoms with E-state index in [4.69, 9.17) is 9.51 Å². The Kier molecular flexibility index (Phi) is 6.03. The maximum absolute atomic E-state index is 15.4. The van der Waals surface area contributed by atoms with Gasteiger partial charge in [-0.25, -0.2) is 4.39 Å². The second-order valence-corrected chi connectivity index (χ2v) is 11.0. The zero-order chi connectivity index (χ0) is 27.3. The molecule has 8 heteroatoms. The molecule has 1 saturated carbocycles. The Morgan fingerprint density at radius 3 is 2.83 bits per heavy atom. The minimum Gasteiger partial charge on any atom is -0.361 e. The first-order valence-electron chi connectivity index (χ1n) is 14.3. The fourth-order valence-electron chi connectivity index (χ4n) is 5.90. The Morgan fingerprint density at radius 2 is 1.98 bits per heavy atom. The van der Waals surface area contributed by atoms with Crippen molar-refractivity contribution in [2.24, 2.45) is 0 Å². The van der Waals surface area contributed by atoms with Gasteiger partial charge in [0.25, 0.3) is 5.78 Å². The Labute approximate surface area is 232 Å². The minimum atomic E-state index is -0.310. The molecule has 3 aromatic heterocycles. The molecule has 0 amide bonds. The van der Waals surface area contributed by atoms with Crippen LogP contribution >= 0.6 is 0 Å². The standard InChI is InChI=1S/C32H31FN6O/c1-3-4-5-10-23-20-28(37-40-23)32(17-18-32)16-15-22-9-6-13-26-24(22)11-8-19-38(26)30-29-25(33)12-7-14-27(29)39-21(2)35-36-31(39)34-30/h6-7,9,12-14,20H,3-5,8,10-11,17-19H2,1-2H3. The summed E-state index contributed by atoms with van der Waals surface area (Å²) in [6.45, 7) is 4.79. The fraction of sp³-hybridized carbons (Fsp3) is 0.375. The number of rotatable bonds is 6. The van der Waals surface area contributed by atoms with Gasteiger partial charge in [-0.15, -0.1) is 10.2 Å². The molecule has 0 bridgehead atoms. The summed E-state index contributed by atoms with van der Waals surface area (Å²) in [5.41, 5.74) is 4.63. The van der Waals surface area contributed by atoms with Crippen LogP contribution in [0.25, 0.3) is 16.7 Å². The van der Waals surface area contributed by atoms with Crippen molar-refractivity contribution in [2.75, 3.05) is 11.4 Å². The molecule has 7 rings (SSSR count). The van der Waals surface area contributed by atoms with Crippen LogP contribution in [0.3, 0.4) is 0 Å². The number of hydrogen-bond donors (Lipinski definition) is 0. The maximum Gasteiger partial charge on any atom is 0.257 e. The Bertz CT molecular complexity index is 1810. The topological polar surface area (TPSA) is 72.4 Å². The van der Waals surface area contributed by atoms with Crippen LogP contribution in [0.4, 0.5) is 15.9 Å². The van der Waals surface area contributed by atoms with Gasteiger partial charge in [0, 0.05) is 30.3 Å². The van der Waals surface area contributed by atoms with Gasteiger partial charge in [-0.1, -0.05) is 48.9 Å². The predicted molar refractivity (Wildman–Crippen MR) is 152 cm³/mol. The van der Waals surface area contributed by atoms with E-state index in [-0.39, 0.29) is 11.2 Å². The molecule has 1 aliphatic carbocycles. The van der Waals surface area contributed by atoms with E-state index in [1.807, 2.05) is 23.5 Å². The van der Waals surface area contributed by atoms with Gasteiger partial charge in [0.1, 0.15) is 28.9 Å². The molecule has 1 aliphatic heterocycles. The zero-order valence-corrected chi connectivity index (χ0v) is 22.9. The number of aryl methyl sites for hydroxylation is 2.